The van der Waals surface area contributed by atoms with E-state index in [4.69, 9.17) is 10.00 Å². The molecular formula is C12H21N3O2. The van der Waals surface area contributed by atoms with Crippen LogP contribution in [0.1, 0.15) is 26.7 Å². The number of hydrogen-bond donors (Lipinski definition) is 1. The predicted molar refractivity (Wildman–Crippen MR) is 64.3 cm³/mol. The van der Waals surface area contributed by atoms with Crippen molar-refractivity contribution in [2.24, 2.45) is 0 Å². The van der Waals surface area contributed by atoms with Crippen molar-refractivity contribution in [2.75, 3.05) is 26.2 Å². The van der Waals surface area contributed by atoms with Gasteiger partial charge in [-0.25, -0.2) is 0 Å². The van der Waals surface area contributed by atoms with Crippen LogP contribution in [0.4, 0.5) is 0 Å². The normalized spacial score (nSPS) is 21.2. The smallest absolute Gasteiger partial charge is 0.234 e. The van der Waals surface area contributed by atoms with E-state index in [-0.39, 0.29) is 11.9 Å². The van der Waals surface area contributed by atoms with Crippen molar-refractivity contribution < 1.29 is 9.53 Å². The van der Waals surface area contributed by atoms with E-state index in [1.165, 1.54) is 0 Å². The van der Waals surface area contributed by atoms with Crippen molar-refractivity contribution in [1.82, 2.24) is 10.2 Å². The van der Waals surface area contributed by atoms with Gasteiger partial charge in [0.25, 0.3) is 0 Å². The Balaban J connectivity index is 2.33. The number of hydrogen-bond acceptors (Lipinski definition) is 4. The standard InChI is InChI=1S/C12H21N3O2/c1-3-10(4-2)14-12(16)9-15-5-6-17-11(7-13)8-15/h10-11H,3-6,8-9H2,1-2H3,(H,14,16). The summed E-state index contributed by atoms with van der Waals surface area (Å²) in [4.78, 5) is 13.7. The van der Waals surface area contributed by atoms with Crippen LogP contribution >= 0.6 is 0 Å². The zero-order valence-corrected chi connectivity index (χ0v) is 10.6. The summed E-state index contributed by atoms with van der Waals surface area (Å²) in [5.74, 6) is 0.0392. The molecule has 1 N–H and O–H groups in total. The molecule has 1 unspecified atom stereocenters. The first-order valence-electron chi connectivity index (χ1n) is 6.22. The third-order valence-corrected chi connectivity index (χ3v) is 3.01. The topological polar surface area (TPSA) is 65.4 Å². The number of amides is 1. The number of ether oxygens (including phenoxy) is 1. The van der Waals surface area contributed by atoms with Gasteiger partial charge in [0.05, 0.1) is 19.2 Å². The van der Waals surface area contributed by atoms with Crippen LogP contribution in [0, 0.1) is 11.3 Å². The molecule has 1 saturated heterocycles. The minimum Gasteiger partial charge on any atom is -0.361 e. The monoisotopic (exact) mass is 239 g/mol. The second kappa shape index (κ2) is 7.25. The second-order valence-corrected chi connectivity index (χ2v) is 4.30. The molecule has 0 spiro atoms. The Morgan fingerprint density at radius 2 is 2.29 bits per heavy atom. The van der Waals surface area contributed by atoms with Crippen LogP contribution in [-0.4, -0.2) is 49.2 Å². The Kier molecular flexibility index (Phi) is 5.95. The summed E-state index contributed by atoms with van der Waals surface area (Å²) in [7, 11) is 0. The first kappa shape index (κ1) is 13.9. The lowest BCUT2D eigenvalue weighted by Crippen LogP contribution is -2.48. The van der Waals surface area contributed by atoms with Crippen LogP contribution in [-0.2, 0) is 9.53 Å². The molecule has 1 amide bonds. The average molecular weight is 239 g/mol. The zero-order valence-electron chi connectivity index (χ0n) is 10.6. The van der Waals surface area contributed by atoms with Crippen LogP contribution < -0.4 is 5.32 Å². The van der Waals surface area contributed by atoms with Crippen molar-refractivity contribution >= 4 is 5.91 Å². The molecule has 0 aliphatic carbocycles. The molecule has 0 bridgehead atoms. The molecule has 1 aliphatic rings. The fourth-order valence-electron chi connectivity index (χ4n) is 1.89. The summed E-state index contributed by atoms with van der Waals surface area (Å²) in [6.45, 7) is 6.25. The fraction of sp³-hybridized carbons (Fsp3) is 0.833. The van der Waals surface area contributed by atoms with Gasteiger partial charge in [0.2, 0.25) is 5.91 Å². The number of morpholine rings is 1. The number of nitrogens with one attached hydrogen (secondary N) is 1. The summed E-state index contributed by atoms with van der Waals surface area (Å²) in [6.07, 6.45) is 1.50. The SMILES string of the molecule is CCC(CC)NC(=O)CN1CCOC(C#N)C1. The molecule has 0 aromatic rings. The first-order chi connectivity index (χ1) is 8.19. The van der Waals surface area contributed by atoms with Crippen molar-refractivity contribution in [2.45, 2.75) is 38.8 Å². The summed E-state index contributed by atoms with van der Waals surface area (Å²) < 4.78 is 5.23. The largest absolute Gasteiger partial charge is 0.361 e. The Bertz CT molecular complexity index is 284. The van der Waals surface area contributed by atoms with Gasteiger partial charge in [-0.3, -0.25) is 9.69 Å². The third-order valence-electron chi connectivity index (χ3n) is 3.01. The molecule has 1 heterocycles. The van der Waals surface area contributed by atoms with Crippen LogP contribution in [0.15, 0.2) is 0 Å². The molecule has 5 nitrogen and oxygen atoms in total. The van der Waals surface area contributed by atoms with E-state index in [2.05, 4.69) is 25.2 Å². The highest BCUT2D eigenvalue weighted by Crippen LogP contribution is 2.04. The van der Waals surface area contributed by atoms with Gasteiger partial charge in [0, 0.05) is 19.1 Å². The molecule has 5 heteroatoms. The van der Waals surface area contributed by atoms with E-state index < -0.39 is 6.10 Å². The molecule has 0 saturated carbocycles. The number of nitrogens with zero attached hydrogens (tertiary/aromatic N) is 2. The summed E-state index contributed by atoms with van der Waals surface area (Å²) in [5.41, 5.74) is 0. The quantitative estimate of drug-likeness (QED) is 0.759. The van der Waals surface area contributed by atoms with Gasteiger partial charge in [-0.05, 0) is 12.8 Å². The summed E-state index contributed by atoms with van der Waals surface area (Å²) in [6, 6.07) is 2.33. The highest BCUT2D eigenvalue weighted by molar-refractivity contribution is 5.78. The number of rotatable bonds is 5. The van der Waals surface area contributed by atoms with E-state index in [0.29, 0.717) is 26.2 Å². The maximum atomic E-state index is 11.8. The lowest BCUT2D eigenvalue weighted by molar-refractivity contribution is -0.124. The van der Waals surface area contributed by atoms with Gasteiger partial charge < -0.3 is 10.1 Å². The molecule has 1 rings (SSSR count). The molecular weight excluding hydrogens is 218 g/mol. The Labute approximate surface area is 103 Å². The minimum atomic E-state index is -0.398. The zero-order chi connectivity index (χ0) is 12.7. The van der Waals surface area contributed by atoms with E-state index in [9.17, 15) is 4.79 Å². The van der Waals surface area contributed by atoms with E-state index in [0.717, 1.165) is 12.8 Å². The highest BCUT2D eigenvalue weighted by Gasteiger charge is 2.22. The predicted octanol–water partition coefficient (Wildman–Crippen LogP) is 0.516. The molecule has 1 atom stereocenters. The van der Waals surface area contributed by atoms with Crippen molar-refractivity contribution in [3.8, 4) is 6.07 Å². The maximum Gasteiger partial charge on any atom is 0.234 e. The summed E-state index contributed by atoms with van der Waals surface area (Å²) >= 11 is 0. The average Bonchev–Trinajstić information content (AvgIpc) is 2.36. The van der Waals surface area contributed by atoms with Gasteiger partial charge in [-0.1, -0.05) is 13.8 Å². The molecule has 0 aromatic carbocycles. The number of carbonyl (C=O) groups excluding carboxylic acids is 1. The van der Waals surface area contributed by atoms with E-state index in [1.54, 1.807) is 0 Å². The molecule has 17 heavy (non-hydrogen) atoms. The minimum absolute atomic E-state index is 0.0392. The Hall–Kier alpha value is -1.12. The lowest BCUT2D eigenvalue weighted by Gasteiger charge is -2.29. The molecule has 96 valence electrons. The number of carbonyl (C=O) groups is 1. The highest BCUT2D eigenvalue weighted by atomic mass is 16.5. The Morgan fingerprint density at radius 3 is 2.88 bits per heavy atom. The van der Waals surface area contributed by atoms with Crippen LogP contribution in [0.2, 0.25) is 0 Å². The number of nitriles is 1. The second-order valence-electron chi connectivity index (χ2n) is 4.30. The van der Waals surface area contributed by atoms with Crippen LogP contribution in [0.3, 0.4) is 0 Å². The van der Waals surface area contributed by atoms with Gasteiger partial charge in [0.15, 0.2) is 6.10 Å². The van der Waals surface area contributed by atoms with Crippen LogP contribution in [0.25, 0.3) is 0 Å². The van der Waals surface area contributed by atoms with Gasteiger partial charge >= 0.3 is 0 Å². The molecule has 1 aliphatic heterocycles. The van der Waals surface area contributed by atoms with Gasteiger partial charge in [-0.2, -0.15) is 5.26 Å². The molecule has 1 fully saturated rings. The van der Waals surface area contributed by atoms with Crippen molar-refractivity contribution in [3.63, 3.8) is 0 Å². The van der Waals surface area contributed by atoms with E-state index >= 15 is 0 Å². The van der Waals surface area contributed by atoms with Crippen molar-refractivity contribution in [1.29, 1.82) is 5.26 Å². The van der Waals surface area contributed by atoms with Crippen LogP contribution in [0.5, 0.6) is 0 Å². The summed E-state index contributed by atoms with van der Waals surface area (Å²) in [5, 5.41) is 11.8. The third kappa shape index (κ3) is 4.72. The van der Waals surface area contributed by atoms with E-state index in [1.807, 2.05) is 4.90 Å². The van der Waals surface area contributed by atoms with Crippen molar-refractivity contribution in [3.05, 3.63) is 0 Å². The maximum absolute atomic E-state index is 11.8. The molecule has 0 aromatic heterocycles. The fourth-order valence-corrected chi connectivity index (χ4v) is 1.89. The van der Waals surface area contributed by atoms with Gasteiger partial charge in [0.1, 0.15) is 0 Å². The van der Waals surface area contributed by atoms with Gasteiger partial charge in [-0.15, -0.1) is 0 Å². The first-order valence-corrected chi connectivity index (χ1v) is 6.22. The molecule has 0 radical (unpaired) electrons. The lowest BCUT2D eigenvalue weighted by atomic mass is 10.2. The Morgan fingerprint density at radius 1 is 1.59 bits per heavy atom.